The molecule has 1 amide bonds. The van der Waals surface area contributed by atoms with Gasteiger partial charge in [0.15, 0.2) is 5.16 Å². The molecule has 1 aromatic carbocycles. The number of amides is 1. The second-order valence-corrected chi connectivity index (χ2v) is 8.22. The van der Waals surface area contributed by atoms with Crippen LogP contribution in [0.4, 0.5) is 5.69 Å². The average molecular weight is 359 g/mol. The van der Waals surface area contributed by atoms with E-state index in [1.54, 1.807) is 6.20 Å². The maximum absolute atomic E-state index is 12.4. The third kappa shape index (κ3) is 5.19. The van der Waals surface area contributed by atoms with E-state index in [-0.39, 0.29) is 22.1 Å². The highest BCUT2D eigenvalue weighted by Gasteiger charge is 2.18. The number of aryl methyl sites for hydroxylation is 1. The normalized spacial score (nSPS) is 12.7. The zero-order valence-electron chi connectivity index (χ0n) is 15.4. The van der Waals surface area contributed by atoms with Gasteiger partial charge in [0.1, 0.15) is 0 Å². The number of anilines is 1. The quantitative estimate of drug-likeness (QED) is 0.653. The fourth-order valence-corrected chi connectivity index (χ4v) is 3.21. The van der Waals surface area contributed by atoms with Gasteiger partial charge in [0.05, 0.1) is 5.25 Å². The number of nitrogens with one attached hydrogen (secondary N) is 1. The van der Waals surface area contributed by atoms with E-state index in [0.29, 0.717) is 11.7 Å². The van der Waals surface area contributed by atoms with Crippen molar-refractivity contribution in [3.8, 4) is 0 Å². The van der Waals surface area contributed by atoms with Crippen LogP contribution in [0.2, 0.25) is 0 Å². The third-order valence-electron chi connectivity index (χ3n) is 3.86. The highest BCUT2D eigenvalue weighted by molar-refractivity contribution is 8.00. The van der Waals surface area contributed by atoms with Gasteiger partial charge >= 0.3 is 0 Å². The number of hydrogen-bond donors (Lipinski definition) is 1. The minimum absolute atomic E-state index is 0.0779. The molecule has 0 radical (unpaired) electrons. The van der Waals surface area contributed by atoms with Crippen molar-refractivity contribution in [1.29, 1.82) is 0 Å². The molecular formula is C19H25N3O2S. The lowest BCUT2D eigenvalue weighted by molar-refractivity contribution is -0.115. The van der Waals surface area contributed by atoms with Gasteiger partial charge in [-0.25, -0.2) is 0 Å². The summed E-state index contributed by atoms with van der Waals surface area (Å²) in [7, 11) is 0. The van der Waals surface area contributed by atoms with Crippen LogP contribution in [-0.4, -0.2) is 20.7 Å². The Balaban J connectivity index is 2.06. The number of carbonyl (C=O) groups excluding carboxylic acids is 1. The van der Waals surface area contributed by atoms with Gasteiger partial charge in [-0.15, -0.1) is 0 Å². The van der Waals surface area contributed by atoms with E-state index in [1.807, 2.05) is 42.7 Å². The molecule has 2 rings (SSSR count). The molecule has 5 nitrogen and oxygen atoms in total. The maximum atomic E-state index is 12.4. The van der Waals surface area contributed by atoms with Crippen LogP contribution in [0.15, 0.2) is 46.5 Å². The first kappa shape index (κ1) is 19.2. The molecule has 134 valence electrons. The summed E-state index contributed by atoms with van der Waals surface area (Å²) in [6.45, 7) is 10.9. The number of aromatic nitrogens is 2. The summed E-state index contributed by atoms with van der Waals surface area (Å²) < 4.78 is 1.86. The molecule has 1 atom stereocenters. The maximum Gasteiger partial charge on any atom is 0.273 e. The number of rotatable bonds is 5. The second kappa shape index (κ2) is 7.87. The fraction of sp³-hybridized carbons (Fsp3) is 0.421. The highest BCUT2D eigenvalue weighted by atomic mass is 32.2. The molecule has 6 heteroatoms. The zero-order chi connectivity index (χ0) is 18.6. The smallest absolute Gasteiger partial charge is 0.273 e. The molecule has 1 N–H and O–H groups in total. The first-order valence-electron chi connectivity index (χ1n) is 8.36. The van der Waals surface area contributed by atoms with Crippen LogP contribution in [-0.2, 0) is 16.8 Å². The summed E-state index contributed by atoms with van der Waals surface area (Å²) in [5, 5.41) is 3.11. The summed E-state index contributed by atoms with van der Waals surface area (Å²) in [5.74, 6) is -0.116. The molecule has 1 heterocycles. The monoisotopic (exact) mass is 359 g/mol. The Morgan fingerprint density at radius 3 is 2.44 bits per heavy atom. The van der Waals surface area contributed by atoms with E-state index in [1.165, 1.54) is 23.4 Å². The summed E-state index contributed by atoms with van der Waals surface area (Å²) in [6.07, 6.45) is 1.70. The van der Waals surface area contributed by atoms with Gasteiger partial charge in [0.25, 0.3) is 5.56 Å². The van der Waals surface area contributed by atoms with Crippen LogP contribution < -0.4 is 10.9 Å². The molecule has 0 fully saturated rings. The van der Waals surface area contributed by atoms with E-state index in [2.05, 4.69) is 31.1 Å². The van der Waals surface area contributed by atoms with Crippen molar-refractivity contribution in [3.05, 3.63) is 52.4 Å². The zero-order valence-corrected chi connectivity index (χ0v) is 16.2. The molecule has 0 aliphatic carbocycles. The van der Waals surface area contributed by atoms with Crippen molar-refractivity contribution in [1.82, 2.24) is 9.55 Å². The van der Waals surface area contributed by atoms with Gasteiger partial charge in [0, 0.05) is 24.5 Å². The van der Waals surface area contributed by atoms with Crippen LogP contribution in [0.3, 0.4) is 0 Å². The minimum Gasteiger partial charge on any atom is -0.328 e. The Hall–Kier alpha value is -2.08. The topological polar surface area (TPSA) is 64.0 Å². The van der Waals surface area contributed by atoms with Crippen molar-refractivity contribution < 1.29 is 4.79 Å². The van der Waals surface area contributed by atoms with E-state index in [9.17, 15) is 9.59 Å². The molecule has 0 saturated carbocycles. The third-order valence-corrected chi connectivity index (χ3v) is 4.96. The van der Waals surface area contributed by atoms with Crippen LogP contribution in [0, 0.1) is 0 Å². The molecule has 1 unspecified atom stereocenters. The van der Waals surface area contributed by atoms with Gasteiger partial charge in [-0.1, -0.05) is 44.7 Å². The number of hydrogen-bond acceptors (Lipinski definition) is 4. The van der Waals surface area contributed by atoms with Crippen LogP contribution >= 0.6 is 11.8 Å². The first-order chi connectivity index (χ1) is 11.7. The number of benzene rings is 1. The van der Waals surface area contributed by atoms with E-state index < -0.39 is 0 Å². The molecule has 0 aliphatic rings. The molecule has 25 heavy (non-hydrogen) atoms. The van der Waals surface area contributed by atoms with Crippen molar-refractivity contribution in [2.24, 2.45) is 0 Å². The molecule has 0 spiro atoms. The van der Waals surface area contributed by atoms with Crippen molar-refractivity contribution in [3.63, 3.8) is 0 Å². The van der Waals surface area contributed by atoms with Gasteiger partial charge in [0.2, 0.25) is 5.91 Å². The Morgan fingerprint density at radius 2 is 1.88 bits per heavy atom. The molecule has 0 aliphatic heterocycles. The molecule has 0 saturated heterocycles. The molecule has 1 aromatic heterocycles. The van der Waals surface area contributed by atoms with Gasteiger partial charge in [-0.05, 0) is 37.0 Å². The number of nitrogens with zero attached hydrogens (tertiary/aromatic N) is 2. The lowest BCUT2D eigenvalue weighted by Gasteiger charge is -2.19. The lowest BCUT2D eigenvalue weighted by atomic mass is 9.87. The SMILES string of the molecule is CCn1ccc(=O)nc1SC(C)C(=O)Nc1ccc(C(C)(C)C)cc1. The van der Waals surface area contributed by atoms with E-state index >= 15 is 0 Å². The number of thioether (sulfide) groups is 1. The average Bonchev–Trinajstić information content (AvgIpc) is 2.54. The van der Waals surface area contributed by atoms with E-state index in [0.717, 1.165) is 5.69 Å². The summed E-state index contributed by atoms with van der Waals surface area (Å²) in [5.41, 5.74) is 1.76. The van der Waals surface area contributed by atoms with E-state index in [4.69, 9.17) is 0 Å². The molecule has 2 aromatic rings. The summed E-state index contributed by atoms with van der Waals surface area (Å²) in [4.78, 5) is 27.9. The predicted molar refractivity (Wildman–Crippen MR) is 103 cm³/mol. The Bertz CT molecular complexity index is 792. The lowest BCUT2D eigenvalue weighted by Crippen LogP contribution is -2.24. The van der Waals surface area contributed by atoms with Crippen LogP contribution in [0.25, 0.3) is 0 Å². The van der Waals surface area contributed by atoms with Crippen molar-refractivity contribution >= 4 is 23.4 Å². The highest BCUT2D eigenvalue weighted by Crippen LogP contribution is 2.25. The van der Waals surface area contributed by atoms with Gasteiger partial charge in [-0.2, -0.15) is 4.98 Å². The standard InChI is InChI=1S/C19H25N3O2S/c1-6-22-12-11-16(23)21-18(22)25-13(2)17(24)20-15-9-7-14(8-10-15)19(3,4)5/h7-13H,6H2,1-5H3,(H,20,24). The van der Waals surface area contributed by atoms with Crippen LogP contribution in [0.1, 0.15) is 40.2 Å². The summed E-state index contributed by atoms with van der Waals surface area (Å²) >= 11 is 1.28. The molecule has 0 bridgehead atoms. The minimum atomic E-state index is -0.366. The molecular weight excluding hydrogens is 334 g/mol. The fourth-order valence-electron chi connectivity index (χ4n) is 2.26. The van der Waals surface area contributed by atoms with Gasteiger partial charge in [-0.3, -0.25) is 9.59 Å². The summed E-state index contributed by atoms with van der Waals surface area (Å²) in [6, 6.07) is 9.31. The predicted octanol–water partition coefficient (Wildman–Crippen LogP) is 3.68. The number of carbonyl (C=O) groups is 1. The van der Waals surface area contributed by atoms with Crippen LogP contribution in [0.5, 0.6) is 0 Å². The van der Waals surface area contributed by atoms with Crippen molar-refractivity contribution in [2.45, 2.75) is 57.0 Å². The Kier molecular flexibility index (Phi) is 6.06. The largest absolute Gasteiger partial charge is 0.328 e. The second-order valence-electron chi connectivity index (χ2n) is 6.91. The Morgan fingerprint density at radius 1 is 1.24 bits per heavy atom. The van der Waals surface area contributed by atoms with Crippen molar-refractivity contribution in [2.75, 3.05) is 5.32 Å². The van der Waals surface area contributed by atoms with Gasteiger partial charge < -0.3 is 9.88 Å². The Labute approximate surface area is 152 Å². The first-order valence-corrected chi connectivity index (χ1v) is 9.24.